The Morgan fingerprint density at radius 1 is 1.16 bits per heavy atom. The zero-order valence-corrected chi connectivity index (χ0v) is 15.4. The molecule has 0 spiro atoms. The van der Waals surface area contributed by atoms with E-state index >= 15 is 0 Å². The number of aromatic nitrogens is 2. The highest BCUT2D eigenvalue weighted by Crippen LogP contribution is 2.16. The highest BCUT2D eigenvalue weighted by Gasteiger charge is 2.04. The molecule has 1 aromatic carbocycles. The van der Waals surface area contributed by atoms with Crippen molar-refractivity contribution < 1.29 is 0 Å². The van der Waals surface area contributed by atoms with Crippen LogP contribution in [0.5, 0.6) is 0 Å². The zero-order valence-electron chi connectivity index (χ0n) is 14.5. The summed E-state index contributed by atoms with van der Waals surface area (Å²) < 4.78 is 0. The molecular weight excluding hydrogens is 330 g/mol. The van der Waals surface area contributed by atoms with Gasteiger partial charge in [0, 0.05) is 16.3 Å². The molecule has 0 saturated carbocycles. The van der Waals surface area contributed by atoms with Gasteiger partial charge in [-0.15, -0.1) is 11.3 Å². The molecule has 0 radical (unpaired) electrons. The van der Waals surface area contributed by atoms with Gasteiger partial charge in [0.2, 0.25) is 0 Å². The molecule has 0 aliphatic heterocycles. The first kappa shape index (κ1) is 17.2. The van der Waals surface area contributed by atoms with E-state index in [4.69, 9.17) is 0 Å². The summed E-state index contributed by atoms with van der Waals surface area (Å²) in [6.07, 6.45) is 1.86. The van der Waals surface area contributed by atoms with Crippen molar-refractivity contribution in [3.8, 4) is 11.3 Å². The molecule has 3 rings (SSSR count). The number of guanidine groups is 1. The molecular formula is C19H23N5S. The van der Waals surface area contributed by atoms with E-state index in [2.05, 4.69) is 63.7 Å². The first-order valence-corrected chi connectivity index (χ1v) is 9.23. The topological polar surface area (TPSA) is 65.1 Å². The molecule has 0 amide bonds. The monoisotopic (exact) mass is 353 g/mol. The predicted octanol–water partition coefficient (Wildman–Crippen LogP) is 3.70. The number of imidazole rings is 1. The Kier molecular flexibility index (Phi) is 5.85. The van der Waals surface area contributed by atoms with Gasteiger partial charge < -0.3 is 15.6 Å². The summed E-state index contributed by atoms with van der Waals surface area (Å²) in [5, 5.41) is 6.64. The molecule has 0 aliphatic rings. The first-order chi connectivity index (χ1) is 12.2. The number of thiophene rings is 1. The average Bonchev–Trinajstić information content (AvgIpc) is 3.27. The van der Waals surface area contributed by atoms with E-state index in [9.17, 15) is 0 Å². The maximum absolute atomic E-state index is 4.62. The molecule has 6 heteroatoms. The van der Waals surface area contributed by atoms with E-state index in [-0.39, 0.29) is 0 Å². The van der Waals surface area contributed by atoms with Crippen LogP contribution in [0.15, 0.2) is 53.7 Å². The minimum absolute atomic E-state index is 0.506. The van der Waals surface area contributed by atoms with Crippen molar-refractivity contribution >= 4 is 17.3 Å². The number of H-pyrrole nitrogens is 1. The third-order valence-corrected chi connectivity index (χ3v) is 4.67. The molecule has 0 fully saturated rings. The van der Waals surface area contributed by atoms with Crippen LogP contribution in [-0.2, 0) is 13.1 Å². The van der Waals surface area contributed by atoms with Crippen LogP contribution in [0.4, 0.5) is 0 Å². The van der Waals surface area contributed by atoms with Crippen molar-refractivity contribution in [1.82, 2.24) is 20.6 Å². The van der Waals surface area contributed by atoms with E-state index in [0.29, 0.717) is 6.54 Å². The molecule has 3 aromatic rings. The Bertz CT molecular complexity index is 819. The number of hydrogen-bond acceptors (Lipinski definition) is 3. The summed E-state index contributed by atoms with van der Waals surface area (Å²) >= 11 is 1.80. The Balaban J connectivity index is 1.62. The van der Waals surface area contributed by atoms with Gasteiger partial charge in [0.15, 0.2) is 5.96 Å². The van der Waals surface area contributed by atoms with Crippen molar-refractivity contribution in [2.75, 3.05) is 6.54 Å². The van der Waals surface area contributed by atoms with Gasteiger partial charge in [-0.25, -0.2) is 9.98 Å². The number of rotatable bonds is 6. The summed E-state index contributed by atoms with van der Waals surface area (Å²) in [5.74, 6) is 1.65. The Morgan fingerprint density at radius 2 is 2.00 bits per heavy atom. The first-order valence-electron chi connectivity index (χ1n) is 8.41. The lowest BCUT2D eigenvalue weighted by atomic mass is 10.2. The largest absolute Gasteiger partial charge is 0.357 e. The number of aromatic amines is 1. The Hall–Kier alpha value is -2.60. The molecule has 0 unspecified atom stereocenters. The second-order valence-electron chi connectivity index (χ2n) is 5.67. The van der Waals surface area contributed by atoms with Crippen molar-refractivity contribution in [3.63, 3.8) is 0 Å². The molecule has 0 bridgehead atoms. The van der Waals surface area contributed by atoms with Gasteiger partial charge in [-0.05, 0) is 31.5 Å². The molecule has 0 saturated heterocycles. The second kappa shape index (κ2) is 8.48. The summed E-state index contributed by atoms with van der Waals surface area (Å²) in [4.78, 5) is 15.0. The molecule has 5 nitrogen and oxygen atoms in total. The van der Waals surface area contributed by atoms with E-state index in [1.807, 2.05) is 24.4 Å². The number of aryl methyl sites for hydroxylation is 1. The lowest BCUT2D eigenvalue weighted by Crippen LogP contribution is -2.36. The molecule has 3 N–H and O–H groups in total. The van der Waals surface area contributed by atoms with Crippen LogP contribution in [0.2, 0.25) is 0 Å². The summed E-state index contributed by atoms with van der Waals surface area (Å²) in [6, 6.07) is 14.5. The van der Waals surface area contributed by atoms with E-state index in [1.165, 1.54) is 9.75 Å². The quantitative estimate of drug-likeness (QED) is 0.468. The van der Waals surface area contributed by atoms with Crippen LogP contribution in [0.25, 0.3) is 11.3 Å². The van der Waals surface area contributed by atoms with E-state index in [0.717, 1.165) is 36.1 Å². The minimum atomic E-state index is 0.506. The number of benzene rings is 1. The fourth-order valence-electron chi connectivity index (χ4n) is 2.45. The highest BCUT2D eigenvalue weighted by atomic mass is 32.1. The van der Waals surface area contributed by atoms with Gasteiger partial charge in [-0.2, -0.15) is 0 Å². The van der Waals surface area contributed by atoms with Crippen molar-refractivity contribution in [2.24, 2.45) is 4.99 Å². The third kappa shape index (κ3) is 4.93. The lowest BCUT2D eigenvalue weighted by molar-refractivity contribution is 0.814. The normalized spacial score (nSPS) is 11.5. The summed E-state index contributed by atoms with van der Waals surface area (Å²) in [6.45, 7) is 6.29. The summed E-state index contributed by atoms with van der Waals surface area (Å²) in [5.41, 5.74) is 2.14. The van der Waals surface area contributed by atoms with Gasteiger partial charge in [-0.3, -0.25) is 0 Å². The van der Waals surface area contributed by atoms with Crippen LogP contribution in [0, 0.1) is 6.92 Å². The maximum atomic E-state index is 4.62. The van der Waals surface area contributed by atoms with Crippen LogP contribution < -0.4 is 10.6 Å². The van der Waals surface area contributed by atoms with Gasteiger partial charge in [-0.1, -0.05) is 30.3 Å². The van der Waals surface area contributed by atoms with Gasteiger partial charge in [0.25, 0.3) is 0 Å². The minimum Gasteiger partial charge on any atom is -0.357 e. The summed E-state index contributed by atoms with van der Waals surface area (Å²) in [7, 11) is 0. The van der Waals surface area contributed by atoms with Crippen LogP contribution in [-0.4, -0.2) is 22.5 Å². The van der Waals surface area contributed by atoms with Gasteiger partial charge in [0.05, 0.1) is 18.4 Å². The zero-order chi connectivity index (χ0) is 17.5. The molecule has 2 aromatic heterocycles. The van der Waals surface area contributed by atoms with Crippen LogP contribution in [0.3, 0.4) is 0 Å². The fourth-order valence-corrected chi connectivity index (χ4v) is 3.28. The lowest BCUT2D eigenvalue weighted by Gasteiger charge is -2.09. The van der Waals surface area contributed by atoms with E-state index < -0.39 is 0 Å². The Morgan fingerprint density at radius 3 is 2.72 bits per heavy atom. The molecule has 0 aliphatic carbocycles. The maximum Gasteiger partial charge on any atom is 0.191 e. The standard InChI is InChI=1S/C19H23N5S/c1-3-20-19(22-11-16-10-9-14(2)25-16)23-13-18-21-12-17(24-18)15-7-5-4-6-8-15/h4-10,12H,3,11,13H2,1-2H3,(H,21,24)(H2,20,22,23). The average molecular weight is 353 g/mol. The highest BCUT2D eigenvalue weighted by molar-refractivity contribution is 7.11. The second-order valence-corrected chi connectivity index (χ2v) is 7.04. The number of nitrogens with one attached hydrogen (secondary N) is 3. The number of aliphatic imine (C=N–C) groups is 1. The van der Waals surface area contributed by atoms with Crippen molar-refractivity contribution in [2.45, 2.75) is 26.9 Å². The number of hydrogen-bond donors (Lipinski definition) is 3. The Labute approximate surface area is 152 Å². The molecule has 130 valence electrons. The van der Waals surface area contributed by atoms with Crippen molar-refractivity contribution in [3.05, 3.63) is 64.2 Å². The number of nitrogens with zero attached hydrogens (tertiary/aromatic N) is 2. The van der Waals surface area contributed by atoms with E-state index in [1.54, 1.807) is 11.3 Å². The molecule has 2 heterocycles. The third-order valence-electron chi connectivity index (χ3n) is 3.67. The SMILES string of the molecule is CCNC(=NCc1ncc(-c2ccccc2)[nH]1)NCc1ccc(C)s1. The smallest absolute Gasteiger partial charge is 0.191 e. The van der Waals surface area contributed by atoms with Gasteiger partial charge in [0.1, 0.15) is 12.4 Å². The molecule has 0 atom stereocenters. The fraction of sp³-hybridized carbons (Fsp3) is 0.263. The van der Waals surface area contributed by atoms with Crippen LogP contribution in [0.1, 0.15) is 22.5 Å². The van der Waals surface area contributed by atoms with Gasteiger partial charge >= 0.3 is 0 Å². The molecule has 25 heavy (non-hydrogen) atoms. The van der Waals surface area contributed by atoms with Crippen LogP contribution >= 0.6 is 11.3 Å². The van der Waals surface area contributed by atoms with Crippen molar-refractivity contribution in [1.29, 1.82) is 0 Å². The predicted molar refractivity (Wildman–Crippen MR) is 105 cm³/mol.